The lowest BCUT2D eigenvalue weighted by atomic mass is 9.96. The molecule has 1 aliphatic rings. The van der Waals surface area contributed by atoms with E-state index in [-0.39, 0.29) is 17.6 Å². The molecule has 0 aromatic heterocycles. The molecule has 1 fully saturated rings. The Hall–Kier alpha value is -2.20. The van der Waals surface area contributed by atoms with Crippen molar-refractivity contribution in [1.82, 2.24) is 9.80 Å². The molecule has 1 atom stereocenters. The third kappa shape index (κ3) is 4.67. The number of rotatable bonds is 5. The summed E-state index contributed by atoms with van der Waals surface area (Å²) in [7, 11) is 1.77. The largest absolute Gasteiger partial charge is 0.341 e. The number of halogens is 1. The number of carbonyl (C=O) groups excluding carboxylic acids is 1. The highest BCUT2D eigenvalue weighted by Crippen LogP contribution is 2.21. The van der Waals surface area contributed by atoms with E-state index in [2.05, 4.69) is 17.0 Å². The second kappa shape index (κ2) is 8.26. The zero-order valence-corrected chi connectivity index (χ0v) is 14.7. The summed E-state index contributed by atoms with van der Waals surface area (Å²) >= 11 is 0. The standard InChI is InChI=1S/C21H25FN2O/c1-23(15-18-10-5-6-12-20(18)22)21(25)19-11-7-13-24(16-19)14-17-8-3-2-4-9-17/h2-6,8-10,12,19H,7,11,13-16H2,1H3/t19-/m0/s1. The van der Waals surface area contributed by atoms with Crippen molar-refractivity contribution < 1.29 is 9.18 Å². The molecule has 25 heavy (non-hydrogen) atoms. The molecule has 1 saturated heterocycles. The van der Waals surface area contributed by atoms with E-state index in [1.807, 2.05) is 18.2 Å². The van der Waals surface area contributed by atoms with Crippen LogP contribution in [0.25, 0.3) is 0 Å². The molecule has 0 unspecified atom stereocenters. The van der Waals surface area contributed by atoms with Crippen LogP contribution in [0, 0.1) is 11.7 Å². The lowest BCUT2D eigenvalue weighted by Crippen LogP contribution is -2.43. The van der Waals surface area contributed by atoms with E-state index in [1.165, 1.54) is 11.6 Å². The Balaban J connectivity index is 1.58. The van der Waals surface area contributed by atoms with Gasteiger partial charge in [-0.05, 0) is 31.0 Å². The number of amides is 1. The van der Waals surface area contributed by atoms with Gasteiger partial charge in [0.25, 0.3) is 0 Å². The second-order valence-electron chi connectivity index (χ2n) is 6.85. The van der Waals surface area contributed by atoms with Crippen molar-refractivity contribution in [2.45, 2.75) is 25.9 Å². The molecule has 0 N–H and O–H groups in total. The third-order valence-corrected chi connectivity index (χ3v) is 4.85. The van der Waals surface area contributed by atoms with Crippen molar-refractivity contribution in [2.24, 2.45) is 5.92 Å². The number of hydrogen-bond acceptors (Lipinski definition) is 2. The average molecular weight is 340 g/mol. The number of hydrogen-bond donors (Lipinski definition) is 0. The number of piperidine rings is 1. The Morgan fingerprint density at radius 3 is 2.64 bits per heavy atom. The van der Waals surface area contributed by atoms with Crippen molar-refractivity contribution in [3.63, 3.8) is 0 Å². The van der Waals surface area contributed by atoms with Gasteiger partial charge in [0, 0.05) is 32.2 Å². The first-order chi connectivity index (χ1) is 12.1. The maximum absolute atomic E-state index is 13.8. The van der Waals surface area contributed by atoms with Crippen LogP contribution in [0.4, 0.5) is 4.39 Å². The molecule has 1 aliphatic heterocycles. The third-order valence-electron chi connectivity index (χ3n) is 4.85. The van der Waals surface area contributed by atoms with E-state index >= 15 is 0 Å². The highest BCUT2D eigenvalue weighted by Gasteiger charge is 2.28. The van der Waals surface area contributed by atoms with Crippen LogP contribution in [-0.4, -0.2) is 35.8 Å². The summed E-state index contributed by atoms with van der Waals surface area (Å²) in [6.07, 6.45) is 1.93. The van der Waals surface area contributed by atoms with Crippen LogP contribution in [0.2, 0.25) is 0 Å². The van der Waals surface area contributed by atoms with Gasteiger partial charge in [-0.25, -0.2) is 4.39 Å². The summed E-state index contributed by atoms with van der Waals surface area (Å²) < 4.78 is 13.8. The van der Waals surface area contributed by atoms with Crippen molar-refractivity contribution >= 4 is 5.91 Å². The highest BCUT2D eigenvalue weighted by molar-refractivity contribution is 5.79. The van der Waals surface area contributed by atoms with Crippen LogP contribution >= 0.6 is 0 Å². The Morgan fingerprint density at radius 1 is 1.16 bits per heavy atom. The van der Waals surface area contributed by atoms with E-state index in [1.54, 1.807) is 30.1 Å². The fourth-order valence-corrected chi connectivity index (χ4v) is 3.51. The lowest BCUT2D eigenvalue weighted by molar-refractivity contribution is -0.136. The van der Waals surface area contributed by atoms with Gasteiger partial charge in [0.1, 0.15) is 5.82 Å². The van der Waals surface area contributed by atoms with Gasteiger partial charge in [-0.15, -0.1) is 0 Å². The number of carbonyl (C=O) groups is 1. The number of nitrogens with zero attached hydrogens (tertiary/aromatic N) is 2. The topological polar surface area (TPSA) is 23.6 Å². The zero-order valence-electron chi connectivity index (χ0n) is 14.7. The van der Waals surface area contributed by atoms with Crippen LogP contribution in [0.1, 0.15) is 24.0 Å². The second-order valence-corrected chi connectivity index (χ2v) is 6.85. The molecule has 0 saturated carbocycles. The molecule has 4 heteroatoms. The Kier molecular flexibility index (Phi) is 5.82. The number of benzene rings is 2. The van der Waals surface area contributed by atoms with Crippen molar-refractivity contribution in [3.05, 3.63) is 71.5 Å². The molecular weight excluding hydrogens is 315 g/mol. The lowest BCUT2D eigenvalue weighted by Gasteiger charge is -2.34. The van der Waals surface area contributed by atoms with Gasteiger partial charge in [-0.3, -0.25) is 9.69 Å². The van der Waals surface area contributed by atoms with Crippen LogP contribution in [0.3, 0.4) is 0 Å². The summed E-state index contributed by atoms with van der Waals surface area (Å²) in [6, 6.07) is 17.0. The molecule has 0 bridgehead atoms. The molecule has 1 amide bonds. The van der Waals surface area contributed by atoms with Crippen molar-refractivity contribution in [2.75, 3.05) is 20.1 Å². The van der Waals surface area contributed by atoms with Crippen LogP contribution in [-0.2, 0) is 17.9 Å². The normalized spacial score (nSPS) is 18.1. The predicted molar refractivity (Wildman–Crippen MR) is 97.3 cm³/mol. The number of likely N-dealkylation sites (tertiary alicyclic amines) is 1. The molecule has 0 aliphatic carbocycles. The fourth-order valence-electron chi connectivity index (χ4n) is 3.51. The quantitative estimate of drug-likeness (QED) is 0.829. The highest BCUT2D eigenvalue weighted by atomic mass is 19.1. The molecule has 2 aromatic rings. The Labute approximate surface area is 149 Å². The Bertz CT molecular complexity index is 704. The van der Waals surface area contributed by atoms with Gasteiger partial charge in [-0.2, -0.15) is 0 Å². The summed E-state index contributed by atoms with van der Waals surface area (Å²) in [4.78, 5) is 16.8. The minimum Gasteiger partial charge on any atom is -0.341 e. The van der Waals surface area contributed by atoms with Gasteiger partial charge in [0.2, 0.25) is 5.91 Å². The van der Waals surface area contributed by atoms with E-state index < -0.39 is 0 Å². The summed E-state index contributed by atoms with van der Waals surface area (Å²) in [5, 5.41) is 0. The SMILES string of the molecule is CN(Cc1ccccc1F)C(=O)[C@H]1CCCN(Cc2ccccc2)C1. The van der Waals surface area contributed by atoms with E-state index in [9.17, 15) is 9.18 Å². The molecule has 3 nitrogen and oxygen atoms in total. The van der Waals surface area contributed by atoms with Gasteiger partial charge in [0.05, 0.1) is 5.92 Å². The summed E-state index contributed by atoms with van der Waals surface area (Å²) in [6.45, 7) is 2.99. The molecular formula is C21H25FN2O. The first-order valence-electron chi connectivity index (χ1n) is 8.88. The molecule has 1 heterocycles. The van der Waals surface area contributed by atoms with Crippen molar-refractivity contribution in [1.29, 1.82) is 0 Å². The predicted octanol–water partition coefficient (Wildman–Crippen LogP) is 3.70. The fraction of sp³-hybridized carbons (Fsp3) is 0.381. The van der Waals surface area contributed by atoms with E-state index in [4.69, 9.17) is 0 Å². The molecule has 0 radical (unpaired) electrons. The van der Waals surface area contributed by atoms with Crippen molar-refractivity contribution in [3.8, 4) is 0 Å². The molecule has 2 aromatic carbocycles. The van der Waals surface area contributed by atoms with Gasteiger partial charge in [-0.1, -0.05) is 48.5 Å². The first-order valence-corrected chi connectivity index (χ1v) is 8.88. The van der Waals surface area contributed by atoms with Gasteiger partial charge >= 0.3 is 0 Å². The first kappa shape index (κ1) is 17.6. The summed E-state index contributed by atoms with van der Waals surface area (Å²) in [5.41, 5.74) is 1.84. The average Bonchev–Trinajstić information content (AvgIpc) is 2.64. The van der Waals surface area contributed by atoms with Crippen LogP contribution in [0.5, 0.6) is 0 Å². The maximum Gasteiger partial charge on any atom is 0.227 e. The molecule has 3 rings (SSSR count). The van der Waals surface area contributed by atoms with Gasteiger partial charge < -0.3 is 4.90 Å². The maximum atomic E-state index is 13.8. The minimum absolute atomic E-state index is 0.00534. The minimum atomic E-state index is -0.253. The van der Waals surface area contributed by atoms with Crippen LogP contribution < -0.4 is 0 Å². The smallest absolute Gasteiger partial charge is 0.227 e. The van der Waals surface area contributed by atoms with E-state index in [0.717, 1.165) is 32.5 Å². The van der Waals surface area contributed by atoms with Crippen LogP contribution in [0.15, 0.2) is 54.6 Å². The molecule has 132 valence electrons. The summed E-state index contributed by atoms with van der Waals surface area (Å²) in [5.74, 6) is -0.147. The molecule has 0 spiro atoms. The van der Waals surface area contributed by atoms with Gasteiger partial charge in [0.15, 0.2) is 0 Å². The monoisotopic (exact) mass is 340 g/mol. The van der Waals surface area contributed by atoms with E-state index in [0.29, 0.717) is 12.1 Å². The zero-order chi connectivity index (χ0) is 17.6. The Morgan fingerprint density at radius 2 is 1.88 bits per heavy atom.